The van der Waals surface area contributed by atoms with E-state index in [1.54, 1.807) is 11.3 Å². The Morgan fingerprint density at radius 3 is 2.73 bits per heavy atom. The van der Waals surface area contributed by atoms with Crippen molar-refractivity contribution < 1.29 is 14.6 Å². The van der Waals surface area contributed by atoms with E-state index in [1.807, 2.05) is 22.0 Å². The Labute approximate surface area is 189 Å². The van der Waals surface area contributed by atoms with Gasteiger partial charge in [-0.3, -0.25) is 4.79 Å². The van der Waals surface area contributed by atoms with Crippen molar-refractivity contribution in [1.29, 1.82) is 0 Å². The molecule has 8 heteroatoms. The highest BCUT2D eigenvalue weighted by Gasteiger charge is 2.41. The molecule has 0 bridgehead atoms. The molecule has 1 amide bonds. The average molecular weight is 456 g/mol. The number of likely N-dealkylation sites (tertiary alicyclic amines) is 1. The molecule has 1 N–H and O–H groups in total. The largest absolute Gasteiger partial charge is 0.396 e. The minimum absolute atomic E-state index is 0.0569. The van der Waals surface area contributed by atoms with Crippen LogP contribution in [0.2, 0.25) is 0 Å². The van der Waals surface area contributed by atoms with E-state index in [-0.39, 0.29) is 11.5 Å². The summed E-state index contributed by atoms with van der Waals surface area (Å²) in [5, 5.41) is 11.8. The molecule has 2 fully saturated rings. The molecule has 0 aromatic carbocycles. The Bertz CT molecular complexity index is 660. The Morgan fingerprint density at radius 1 is 1.27 bits per heavy atom. The summed E-state index contributed by atoms with van der Waals surface area (Å²) in [6, 6.07) is 0. The third-order valence-electron chi connectivity index (χ3n) is 6.00. The summed E-state index contributed by atoms with van der Waals surface area (Å²) in [5.41, 5.74) is 0.412. The predicted molar refractivity (Wildman–Crippen MR) is 125 cm³/mol. The monoisotopic (exact) mass is 455 g/mol. The van der Waals surface area contributed by atoms with Crippen LogP contribution in [0.5, 0.6) is 0 Å². The Hall–Kier alpha value is -0.670. The first kappa shape index (κ1) is 24.0. The second-order valence-corrected chi connectivity index (χ2v) is 10.8. The standard InChI is InChI=1S/C22H37N3O3S2/c1-18(2)20-23-19(16-30-20)21(27)25-11-13-28-22(17-25)6-9-24(10-7-22)8-5-15-29-14-4-3-12-26/h16,18,26H,3-15,17H2,1-2H3. The van der Waals surface area contributed by atoms with Gasteiger partial charge in [0.2, 0.25) is 0 Å². The molecule has 2 aliphatic rings. The molecule has 0 unspecified atom stereocenters. The molecule has 1 aromatic heterocycles. The molecule has 3 heterocycles. The maximum atomic E-state index is 13.0. The van der Waals surface area contributed by atoms with Crippen LogP contribution in [-0.2, 0) is 4.74 Å². The number of ether oxygens (including phenoxy) is 1. The zero-order valence-electron chi connectivity index (χ0n) is 18.5. The molecule has 0 atom stereocenters. The fraction of sp³-hybridized carbons (Fsp3) is 0.818. The van der Waals surface area contributed by atoms with Crippen LogP contribution in [0.15, 0.2) is 5.38 Å². The fourth-order valence-electron chi connectivity index (χ4n) is 4.13. The quantitative estimate of drug-likeness (QED) is 0.545. The van der Waals surface area contributed by atoms with Gasteiger partial charge >= 0.3 is 0 Å². The van der Waals surface area contributed by atoms with Crippen LogP contribution in [0.1, 0.15) is 67.4 Å². The van der Waals surface area contributed by atoms with Gasteiger partial charge in [-0.1, -0.05) is 13.8 Å². The van der Waals surface area contributed by atoms with Gasteiger partial charge in [0.1, 0.15) is 5.69 Å². The lowest BCUT2D eigenvalue weighted by atomic mass is 9.89. The summed E-state index contributed by atoms with van der Waals surface area (Å²) in [5.74, 6) is 2.76. The lowest BCUT2D eigenvalue weighted by Crippen LogP contribution is -2.58. The van der Waals surface area contributed by atoms with Gasteiger partial charge in [0.25, 0.3) is 5.91 Å². The highest BCUT2D eigenvalue weighted by atomic mass is 32.2. The number of thiazole rings is 1. The number of unbranched alkanes of at least 4 members (excludes halogenated alkanes) is 1. The molecule has 0 radical (unpaired) electrons. The maximum Gasteiger partial charge on any atom is 0.273 e. The number of aliphatic hydroxyl groups excluding tert-OH is 1. The number of amides is 1. The SMILES string of the molecule is CC(C)c1nc(C(=O)N2CCOC3(CCN(CCCSCCCCO)CC3)C2)cs1. The van der Waals surface area contributed by atoms with Crippen molar-refractivity contribution in [3.8, 4) is 0 Å². The van der Waals surface area contributed by atoms with Crippen LogP contribution in [0, 0.1) is 0 Å². The third-order valence-corrected chi connectivity index (χ3v) is 8.30. The summed E-state index contributed by atoms with van der Waals surface area (Å²) in [7, 11) is 0. The molecule has 6 nitrogen and oxygen atoms in total. The predicted octanol–water partition coefficient (Wildman–Crippen LogP) is 3.47. The molecule has 0 saturated carbocycles. The van der Waals surface area contributed by atoms with Crippen molar-refractivity contribution in [3.05, 3.63) is 16.1 Å². The number of piperidine rings is 1. The number of hydrogen-bond acceptors (Lipinski definition) is 7. The topological polar surface area (TPSA) is 65.9 Å². The minimum atomic E-state index is -0.180. The molecule has 30 heavy (non-hydrogen) atoms. The number of carbonyl (C=O) groups is 1. The number of carbonyl (C=O) groups excluding carboxylic acids is 1. The number of aromatic nitrogens is 1. The first-order valence-electron chi connectivity index (χ1n) is 11.3. The van der Waals surface area contributed by atoms with E-state index in [1.165, 1.54) is 12.2 Å². The summed E-state index contributed by atoms with van der Waals surface area (Å²) < 4.78 is 6.23. The molecule has 1 spiro atoms. The number of morpholine rings is 1. The van der Waals surface area contributed by atoms with Crippen molar-refractivity contribution in [2.45, 2.75) is 57.5 Å². The molecular formula is C22H37N3O3S2. The minimum Gasteiger partial charge on any atom is -0.396 e. The Kier molecular flexibility index (Phi) is 9.44. The second kappa shape index (κ2) is 11.8. The van der Waals surface area contributed by atoms with Crippen molar-refractivity contribution in [3.63, 3.8) is 0 Å². The van der Waals surface area contributed by atoms with Gasteiger partial charge in [0.05, 0.1) is 23.8 Å². The van der Waals surface area contributed by atoms with Crippen LogP contribution in [0.4, 0.5) is 0 Å². The average Bonchev–Trinajstić information content (AvgIpc) is 3.25. The number of rotatable bonds is 10. The van der Waals surface area contributed by atoms with Crippen molar-refractivity contribution in [1.82, 2.24) is 14.8 Å². The van der Waals surface area contributed by atoms with E-state index in [0.717, 1.165) is 56.1 Å². The lowest BCUT2D eigenvalue weighted by Gasteiger charge is -2.47. The number of hydrogen-bond donors (Lipinski definition) is 1. The van der Waals surface area contributed by atoms with E-state index in [2.05, 4.69) is 23.7 Å². The van der Waals surface area contributed by atoms with Gasteiger partial charge in [-0.2, -0.15) is 11.8 Å². The van der Waals surface area contributed by atoms with Gasteiger partial charge in [0.15, 0.2) is 0 Å². The highest BCUT2D eigenvalue weighted by Crippen LogP contribution is 2.31. The zero-order valence-corrected chi connectivity index (χ0v) is 20.1. The maximum absolute atomic E-state index is 13.0. The van der Waals surface area contributed by atoms with E-state index >= 15 is 0 Å². The van der Waals surface area contributed by atoms with Crippen LogP contribution in [-0.4, -0.2) is 88.8 Å². The van der Waals surface area contributed by atoms with E-state index in [4.69, 9.17) is 9.84 Å². The van der Waals surface area contributed by atoms with Crippen LogP contribution in [0.3, 0.4) is 0 Å². The van der Waals surface area contributed by atoms with Gasteiger partial charge in [-0.15, -0.1) is 11.3 Å². The van der Waals surface area contributed by atoms with Crippen molar-refractivity contribution in [2.75, 3.05) is 57.4 Å². The Balaban J connectivity index is 1.41. The lowest BCUT2D eigenvalue weighted by molar-refractivity contribution is -0.127. The third kappa shape index (κ3) is 6.66. The van der Waals surface area contributed by atoms with E-state index < -0.39 is 0 Å². The van der Waals surface area contributed by atoms with Gasteiger partial charge in [-0.25, -0.2) is 4.98 Å². The second-order valence-electron chi connectivity index (χ2n) is 8.72. The van der Waals surface area contributed by atoms with Crippen LogP contribution < -0.4 is 0 Å². The Morgan fingerprint density at radius 2 is 2.03 bits per heavy atom. The van der Waals surface area contributed by atoms with E-state index in [9.17, 15) is 4.79 Å². The summed E-state index contributed by atoms with van der Waals surface area (Å²) >= 11 is 3.58. The van der Waals surface area contributed by atoms with Crippen molar-refractivity contribution in [2.24, 2.45) is 0 Å². The molecule has 1 aromatic rings. The van der Waals surface area contributed by atoms with E-state index in [0.29, 0.717) is 37.9 Å². The molecule has 3 rings (SSSR count). The molecule has 170 valence electrons. The number of nitrogens with zero attached hydrogens (tertiary/aromatic N) is 3. The van der Waals surface area contributed by atoms with Crippen molar-refractivity contribution >= 4 is 29.0 Å². The van der Waals surface area contributed by atoms with Gasteiger partial charge < -0.3 is 19.6 Å². The fourth-order valence-corrected chi connectivity index (χ4v) is 5.88. The summed E-state index contributed by atoms with van der Waals surface area (Å²) in [6.45, 7) is 9.74. The van der Waals surface area contributed by atoms with Gasteiger partial charge in [0, 0.05) is 37.5 Å². The molecule has 0 aliphatic carbocycles. The smallest absolute Gasteiger partial charge is 0.273 e. The van der Waals surface area contributed by atoms with Gasteiger partial charge in [-0.05, 0) is 50.2 Å². The number of aliphatic hydroxyl groups is 1. The molecule has 2 saturated heterocycles. The number of thioether (sulfide) groups is 1. The summed E-state index contributed by atoms with van der Waals surface area (Å²) in [6.07, 6.45) is 5.23. The first-order valence-corrected chi connectivity index (χ1v) is 13.4. The molecule has 2 aliphatic heterocycles. The van der Waals surface area contributed by atoms with Crippen LogP contribution in [0.25, 0.3) is 0 Å². The summed E-state index contributed by atoms with van der Waals surface area (Å²) in [4.78, 5) is 22.0. The van der Waals surface area contributed by atoms with Crippen LogP contribution >= 0.6 is 23.1 Å². The molecular weight excluding hydrogens is 418 g/mol. The zero-order chi connectivity index (χ0) is 21.4. The normalized spacial score (nSPS) is 19.7. The first-order chi connectivity index (χ1) is 14.5. The highest BCUT2D eigenvalue weighted by molar-refractivity contribution is 7.99.